The number of rotatable bonds is 2. The Labute approximate surface area is 69.1 Å². The zero-order valence-corrected chi connectivity index (χ0v) is 7.46. The predicted octanol–water partition coefficient (Wildman–Crippen LogP) is 2.36. The smallest absolute Gasteiger partial charge is 0.0625 e. The zero-order valence-electron chi connectivity index (χ0n) is 7.46. The first kappa shape index (κ1) is 8.79. The van der Waals surface area contributed by atoms with Crippen molar-refractivity contribution in [2.45, 2.75) is 39.2 Å². The summed E-state index contributed by atoms with van der Waals surface area (Å²) in [5.74, 6) is 0.812. The maximum Gasteiger partial charge on any atom is 0.0625 e. The quantitative estimate of drug-likeness (QED) is 0.605. The summed E-state index contributed by atoms with van der Waals surface area (Å²) in [6.45, 7) is 4.15. The largest absolute Gasteiger partial charge is 0.392 e. The molecule has 0 saturated heterocycles. The van der Waals surface area contributed by atoms with E-state index in [9.17, 15) is 5.11 Å². The molecule has 2 atom stereocenters. The van der Waals surface area contributed by atoms with Crippen LogP contribution in [0.2, 0.25) is 0 Å². The summed E-state index contributed by atoms with van der Waals surface area (Å²) < 4.78 is 0. The van der Waals surface area contributed by atoms with Crippen LogP contribution in [0, 0.1) is 11.8 Å². The molecule has 0 aromatic carbocycles. The molecule has 64 valence electrons. The standard InChI is InChI=1S/C10H18O/c1-8(2)10(11)9-6-4-3-5-7-9/h4,6,8-11H,3,5,7H2,1-2H3/t9-,10+/m0/s1. The molecule has 0 aliphatic heterocycles. The van der Waals surface area contributed by atoms with Gasteiger partial charge in [-0.15, -0.1) is 0 Å². The first-order chi connectivity index (χ1) is 5.22. The molecular formula is C10H18O. The van der Waals surface area contributed by atoms with Gasteiger partial charge in [-0.3, -0.25) is 0 Å². The minimum Gasteiger partial charge on any atom is -0.392 e. The summed E-state index contributed by atoms with van der Waals surface area (Å²) in [5.41, 5.74) is 0. The Balaban J connectivity index is 2.45. The van der Waals surface area contributed by atoms with Gasteiger partial charge in [0.2, 0.25) is 0 Å². The van der Waals surface area contributed by atoms with Crippen molar-refractivity contribution in [3.05, 3.63) is 12.2 Å². The van der Waals surface area contributed by atoms with Crippen molar-refractivity contribution < 1.29 is 5.11 Å². The van der Waals surface area contributed by atoms with Gasteiger partial charge in [-0.25, -0.2) is 0 Å². The molecule has 1 rings (SSSR count). The summed E-state index contributed by atoms with van der Waals surface area (Å²) in [6, 6.07) is 0. The van der Waals surface area contributed by atoms with E-state index in [0.29, 0.717) is 11.8 Å². The van der Waals surface area contributed by atoms with Gasteiger partial charge in [0.1, 0.15) is 0 Å². The number of aliphatic hydroxyl groups excluding tert-OH is 1. The highest BCUT2D eigenvalue weighted by Crippen LogP contribution is 2.23. The second-order valence-electron chi connectivity index (χ2n) is 3.76. The first-order valence-corrected chi connectivity index (χ1v) is 4.56. The van der Waals surface area contributed by atoms with E-state index in [-0.39, 0.29) is 6.10 Å². The van der Waals surface area contributed by atoms with Crippen LogP contribution in [-0.4, -0.2) is 11.2 Å². The van der Waals surface area contributed by atoms with E-state index in [1.807, 2.05) is 0 Å². The molecule has 0 amide bonds. The van der Waals surface area contributed by atoms with Gasteiger partial charge in [0, 0.05) is 5.92 Å². The van der Waals surface area contributed by atoms with Crippen molar-refractivity contribution in [3.8, 4) is 0 Å². The van der Waals surface area contributed by atoms with Crippen LogP contribution in [0.3, 0.4) is 0 Å². The highest BCUT2D eigenvalue weighted by Gasteiger charge is 2.20. The van der Waals surface area contributed by atoms with Crippen molar-refractivity contribution >= 4 is 0 Å². The average molecular weight is 154 g/mol. The zero-order chi connectivity index (χ0) is 8.27. The summed E-state index contributed by atoms with van der Waals surface area (Å²) >= 11 is 0. The number of aliphatic hydroxyl groups is 1. The molecule has 0 bridgehead atoms. The third kappa shape index (κ3) is 2.33. The van der Waals surface area contributed by atoms with Gasteiger partial charge in [0.05, 0.1) is 6.10 Å². The van der Waals surface area contributed by atoms with Crippen LogP contribution in [-0.2, 0) is 0 Å². The van der Waals surface area contributed by atoms with Gasteiger partial charge >= 0.3 is 0 Å². The van der Waals surface area contributed by atoms with E-state index >= 15 is 0 Å². The van der Waals surface area contributed by atoms with E-state index in [1.54, 1.807) is 0 Å². The first-order valence-electron chi connectivity index (χ1n) is 4.56. The molecule has 0 unspecified atom stereocenters. The number of hydrogen-bond acceptors (Lipinski definition) is 1. The van der Waals surface area contributed by atoms with Gasteiger partial charge in [-0.05, 0) is 25.2 Å². The topological polar surface area (TPSA) is 20.2 Å². The third-order valence-electron chi connectivity index (χ3n) is 2.41. The lowest BCUT2D eigenvalue weighted by atomic mass is 9.86. The van der Waals surface area contributed by atoms with Crippen molar-refractivity contribution in [1.82, 2.24) is 0 Å². The molecule has 0 saturated carbocycles. The molecular weight excluding hydrogens is 136 g/mol. The maximum absolute atomic E-state index is 9.70. The van der Waals surface area contributed by atoms with Gasteiger partial charge in [-0.1, -0.05) is 26.0 Å². The molecule has 1 heteroatoms. The van der Waals surface area contributed by atoms with Crippen LogP contribution in [0.1, 0.15) is 33.1 Å². The highest BCUT2D eigenvalue weighted by atomic mass is 16.3. The highest BCUT2D eigenvalue weighted by molar-refractivity contribution is 4.96. The van der Waals surface area contributed by atoms with Crippen LogP contribution >= 0.6 is 0 Å². The Morgan fingerprint density at radius 2 is 2.18 bits per heavy atom. The van der Waals surface area contributed by atoms with Crippen LogP contribution < -0.4 is 0 Å². The summed E-state index contributed by atoms with van der Waals surface area (Å²) in [7, 11) is 0. The lowest BCUT2D eigenvalue weighted by Gasteiger charge is -2.24. The fourth-order valence-electron chi connectivity index (χ4n) is 1.62. The summed E-state index contributed by atoms with van der Waals surface area (Å²) in [6.07, 6.45) is 7.84. The van der Waals surface area contributed by atoms with Crippen molar-refractivity contribution in [2.24, 2.45) is 11.8 Å². The molecule has 1 aliphatic carbocycles. The second-order valence-corrected chi connectivity index (χ2v) is 3.76. The SMILES string of the molecule is CC(C)[C@@H](O)[C@H]1C=CCCC1. The fraction of sp³-hybridized carbons (Fsp3) is 0.800. The van der Waals surface area contributed by atoms with Crippen LogP contribution in [0.25, 0.3) is 0 Å². The minimum absolute atomic E-state index is 0.133. The molecule has 0 aromatic heterocycles. The molecule has 1 aliphatic rings. The fourth-order valence-corrected chi connectivity index (χ4v) is 1.62. The van der Waals surface area contributed by atoms with Crippen molar-refractivity contribution in [2.75, 3.05) is 0 Å². The van der Waals surface area contributed by atoms with Gasteiger partial charge < -0.3 is 5.11 Å². The van der Waals surface area contributed by atoms with Crippen LogP contribution in [0.15, 0.2) is 12.2 Å². The Morgan fingerprint density at radius 3 is 2.64 bits per heavy atom. The molecule has 0 fully saturated rings. The molecule has 0 aromatic rings. The maximum atomic E-state index is 9.70. The van der Waals surface area contributed by atoms with Crippen molar-refractivity contribution in [3.63, 3.8) is 0 Å². The minimum atomic E-state index is -0.133. The van der Waals surface area contributed by atoms with Crippen LogP contribution in [0.4, 0.5) is 0 Å². The molecule has 0 heterocycles. The van der Waals surface area contributed by atoms with E-state index in [4.69, 9.17) is 0 Å². The lowest BCUT2D eigenvalue weighted by Crippen LogP contribution is -2.25. The third-order valence-corrected chi connectivity index (χ3v) is 2.41. The molecule has 0 spiro atoms. The molecule has 0 radical (unpaired) electrons. The summed E-state index contributed by atoms with van der Waals surface area (Å²) in [4.78, 5) is 0. The summed E-state index contributed by atoms with van der Waals surface area (Å²) in [5, 5.41) is 9.70. The average Bonchev–Trinajstić information content (AvgIpc) is 2.05. The van der Waals surface area contributed by atoms with Crippen molar-refractivity contribution in [1.29, 1.82) is 0 Å². The number of hydrogen-bond donors (Lipinski definition) is 1. The lowest BCUT2D eigenvalue weighted by molar-refractivity contribution is 0.0780. The Bertz CT molecular complexity index is 138. The molecule has 1 nitrogen and oxygen atoms in total. The Morgan fingerprint density at radius 1 is 1.45 bits per heavy atom. The molecule has 1 N–H and O–H groups in total. The predicted molar refractivity (Wildman–Crippen MR) is 47.3 cm³/mol. The monoisotopic (exact) mass is 154 g/mol. The van der Waals surface area contributed by atoms with E-state index < -0.39 is 0 Å². The van der Waals surface area contributed by atoms with E-state index in [2.05, 4.69) is 26.0 Å². The van der Waals surface area contributed by atoms with Gasteiger partial charge in [0.15, 0.2) is 0 Å². The van der Waals surface area contributed by atoms with Gasteiger partial charge in [0.25, 0.3) is 0 Å². The van der Waals surface area contributed by atoms with Crippen LogP contribution in [0.5, 0.6) is 0 Å². The van der Waals surface area contributed by atoms with Gasteiger partial charge in [-0.2, -0.15) is 0 Å². The normalized spacial score (nSPS) is 27.5. The Hall–Kier alpha value is -0.300. The van der Waals surface area contributed by atoms with E-state index in [0.717, 1.165) is 6.42 Å². The Kier molecular flexibility index (Phi) is 3.13. The molecule has 11 heavy (non-hydrogen) atoms. The second kappa shape index (κ2) is 3.91. The van der Waals surface area contributed by atoms with E-state index in [1.165, 1.54) is 12.8 Å². The number of allylic oxidation sites excluding steroid dienone is 1.